The maximum absolute atomic E-state index is 11.8. The monoisotopic (exact) mass is 426 g/mol. The summed E-state index contributed by atoms with van der Waals surface area (Å²) in [7, 11) is 2.15. The van der Waals surface area contributed by atoms with E-state index < -0.39 is 0 Å². The molecule has 0 aliphatic carbocycles. The molecule has 1 fully saturated rings. The second-order valence-electron chi connectivity index (χ2n) is 7.64. The molecule has 0 aromatic carbocycles. The first kappa shape index (κ1) is 20.5. The second kappa shape index (κ2) is 8.93. The third-order valence-electron chi connectivity index (χ3n) is 5.40. The number of nitrogens with zero attached hydrogens (tertiary/aromatic N) is 5. The van der Waals surface area contributed by atoms with Crippen LogP contribution in [0.15, 0.2) is 34.2 Å². The van der Waals surface area contributed by atoms with Gasteiger partial charge < -0.3 is 20.0 Å². The highest BCUT2D eigenvalue weighted by atomic mass is 32.1. The number of primary amides is 1. The molecule has 4 heterocycles. The highest BCUT2D eigenvalue weighted by molar-refractivity contribution is 7.13. The number of nitrogens with two attached hydrogens (primary N) is 1. The Kier molecular flexibility index (Phi) is 6.10. The zero-order chi connectivity index (χ0) is 21.1. The maximum atomic E-state index is 11.8. The van der Waals surface area contributed by atoms with E-state index in [1.165, 1.54) is 24.2 Å². The third kappa shape index (κ3) is 4.68. The number of carbonyl (C=O) groups excluding carboxylic acids is 1. The number of amides is 1. The zero-order valence-electron chi connectivity index (χ0n) is 17.2. The van der Waals surface area contributed by atoms with Gasteiger partial charge in [0.05, 0.1) is 6.54 Å². The Bertz CT molecular complexity index is 1000. The van der Waals surface area contributed by atoms with E-state index in [0.29, 0.717) is 35.7 Å². The normalized spacial score (nSPS) is 16.8. The average Bonchev–Trinajstić information content (AvgIpc) is 3.47. The van der Waals surface area contributed by atoms with Gasteiger partial charge in [0.25, 0.3) is 0 Å². The van der Waals surface area contributed by atoms with E-state index in [0.717, 1.165) is 23.7 Å². The van der Waals surface area contributed by atoms with Crippen molar-refractivity contribution in [1.82, 2.24) is 19.9 Å². The van der Waals surface area contributed by atoms with Crippen LogP contribution in [0, 0.1) is 6.92 Å². The van der Waals surface area contributed by atoms with Crippen LogP contribution in [0.25, 0.3) is 22.3 Å². The fraction of sp³-hybridized carbons (Fsp3) is 0.429. The SMILES string of the molecule is Cc1ccc(-c2nc(-c3nccs3)cc(N(CCC3CCCN3C)CC(N)=O)n2)o1. The minimum absolute atomic E-state index is 0.0986. The number of rotatable bonds is 8. The van der Waals surface area contributed by atoms with Crippen LogP contribution in [0.5, 0.6) is 0 Å². The van der Waals surface area contributed by atoms with Crippen molar-refractivity contribution in [2.75, 3.05) is 31.6 Å². The fourth-order valence-electron chi connectivity index (χ4n) is 3.83. The summed E-state index contributed by atoms with van der Waals surface area (Å²) in [4.78, 5) is 29.9. The fourth-order valence-corrected chi connectivity index (χ4v) is 4.43. The van der Waals surface area contributed by atoms with Crippen LogP contribution in [-0.2, 0) is 4.79 Å². The van der Waals surface area contributed by atoms with Gasteiger partial charge in [-0.25, -0.2) is 15.0 Å². The molecule has 158 valence electrons. The van der Waals surface area contributed by atoms with Crippen molar-refractivity contribution in [3.8, 4) is 22.3 Å². The second-order valence-corrected chi connectivity index (χ2v) is 8.53. The van der Waals surface area contributed by atoms with Gasteiger partial charge in [-0.05, 0) is 51.9 Å². The number of aromatic nitrogens is 3. The van der Waals surface area contributed by atoms with Gasteiger partial charge in [0.2, 0.25) is 5.91 Å². The van der Waals surface area contributed by atoms with Crippen molar-refractivity contribution < 1.29 is 9.21 Å². The molecule has 0 spiro atoms. The molecule has 2 N–H and O–H groups in total. The molecule has 8 nitrogen and oxygen atoms in total. The Hall–Kier alpha value is -2.78. The molecule has 3 aromatic heterocycles. The predicted octanol–water partition coefficient (Wildman–Crippen LogP) is 2.94. The first-order chi connectivity index (χ1) is 14.5. The van der Waals surface area contributed by atoms with Gasteiger partial charge in [-0.1, -0.05) is 0 Å². The Morgan fingerprint density at radius 2 is 2.27 bits per heavy atom. The summed E-state index contributed by atoms with van der Waals surface area (Å²) >= 11 is 1.50. The highest BCUT2D eigenvalue weighted by Crippen LogP contribution is 2.29. The smallest absolute Gasteiger partial charge is 0.236 e. The molecular formula is C21H26N6O2S. The van der Waals surface area contributed by atoms with Gasteiger partial charge in [-0.15, -0.1) is 11.3 Å². The Labute approximate surface area is 179 Å². The number of anilines is 1. The van der Waals surface area contributed by atoms with Crippen LogP contribution >= 0.6 is 11.3 Å². The number of thiazole rings is 1. The van der Waals surface area contributed by atoms with Gasteiger partial charge in [0.1, 0.15) is 22.3 Å². The summed E-state index contributed by atoms with van der Waals surface area (Å²) in [6, 6.07) is 6.12. The van der Waals surface area contributed by atoms with Gasteiger partial charge in [-0.2, -0.15) is 0 Å². The van der Waals surface area contributed by atoms with E-state index in [-0.39, 0.29) is 12.5 Å². The highest BCUT2D eigenvalue weighted by Gasteiger charge is 2.23. The lowest BCUT2D eigenvalue weighted by atomic mass is 10.1. The molecule has 1 aliphatic heterocycles. The molecule has 1 amide bonds. The van der Waals surface area contributed by atoms with Crippen molar-refractivity contribution in [2.24, 2.45) is 5.73 Å². The molecule has 1 aliphatic rings. The van der Waals surface area contributed by atoms with Crippen LogP contribution < -0.4 is 10.6 Å². The molecule has 0 saturated carbocycles. The lowest BCUT2D eigenvalue weighted by molar-refractivity contribution is -0.116. The molecule has 1 unspecified atom stereocenters. The van der Waals surface area contributed by atoms with E-state index in [1.807, 2.05) is 35.4 Å². The first-order valence-corrected chi connectivity index (χ1v) is 11.0. The van der Waals surface area contributed by atoms with Crippen molar-refractivity contribution >= 4 is 23.1 Å². The quantitative estimate of drug-likeness (QED) is 0.591. The number of furan rings is 1. The zero-order valence-corrected chi connectivity index (χ0v) is 18.1. The number of hydrogen-bond acceptors (Lipinski definition) is 8. The molecule has 0 radical (unpaired) electrons. The minimum Gasteiger partial charge on any atom is -0.458 e. The topological polar surface area (TPSA) is 101 Å². The van der Waals surface area contributed by atoms with Crippen LogP contribution in [0.2, 0.25) is 0 Å². The number of carbonyl (C=O) groups is 1. The summed E-state index contributed by atoms with van der Waals surface area (Å²) in [5.41, 5.74) is 6.26. The Morgan fingerprint density at radius 3 is 2.90 bits per heavy atom. The summed E-state index contributed by atoms with van der Waals surface area (Å²) < 4.78 is 5.75. The van der Waals surface area contributed by atoms with Gasteiger partial charge in [-0.3, -0.25) is 4.79 Å². The van der Waals surface area contributed by atoms with Gasteiger partial charge >= 0.3 is 0 Å². The molecular weight excluding hydrogens is 400 g/mol. The molecule has 1 atom stereocenters. The van der Waals surface area contributed by atoms with Crippen LogP contribution in [0.1, 0.15) is 25.0 Å². The first-order valence-electron chi connectivity index (χ1n) is 10.1. The van der Waals surface area contributed by atoms with Crippen molar-refractivity contribution in [1.29, 1.82) is 0 Å². The lowest BCUT2D eigenvalue weighted by Gasteiger charge is -2.26. The van der Waals surface area contributed by atoms with Crippen molar-refractivity contribution in [2.45, 2.75) is 32.2 Å². The largest absolute Gasteiger partial charge is 0.458 e. The van der Waals surface area contributed by atoms with E-state index >= 15 is 0 Å². The van der Waals surface area contributed by atoms with Crippen molar-refractivity contribution in [3.63, 3.8) is 0 Å². The Morgan fingerprint density at radius 1 is 1.40 bits per heavy atom. The molecule has 9 heteroatoms. The van der Waals surface area contributed by atoms with Crippen molar-refractivity contribution in [3.05, 3.63) is 35.5 Å². The summed E-state index contributed by atoms with van der Waals surface area (Å²) in [5.74, 6) is 2.10. The van der Waals surface area contributed by atoms with Crippen LogP contribution in [0.3, 0.4) is 0 Å². The van der Waals surface area contributed by atoms with Gasteiger partial charge in [0.15, 0.2) is 11.6 Å². The summed E-state index contributed by atoms with van der Waals surface area (Å²) in [6.07, 6.45) is 5.07. The maximum Gasteiger partial charge on any atom is 0.236 e. The van der Waals surface area contributed by atoms with E-state index in [2.05, 4.69) is 21.9 Å². The van der Waals surface area contributed by atoms with Crippen LogP contribution in [0.4, 0.5) is 5.82 Å². The van der Waals surface area contributed by atoms with Gasteiger partial charge in [0, 0.05) is 30.2 Å². The van der Waals surface area contributed by atoms with Crippen LogP contribution in [-0.4, -0.2) is 58.5 Å². The number of likely N-dealkylation sites (tertiary alicyclic amines) is 1. The standard InChI is InChI=1S/C21H26N6O2S/c1-14-5-6-17(29-14)20-24-16(21-23-8-11-30-21)12-19(25-20)27(13-18(22)28)10-7-15-4-3-9-26(15)2/h5-6,8,11-12,15H,3-4,7,9-10,13H2,1-2H3,(H2,22,28). The molecule has 4 rings (SSSR count). The predicted molar refractivity (Wildman–Crippen MR) is 117 cm³/mol. The molecule has 30 heavy (non-hydrogen) atoms. The number of hydrogen-bond donors (Lipinski definition) is 1. The van der Waals surface area contributed by atoms with E-state index in [4.69, 9.17) is 15.1 Å². The lowest BCUT2D eigenvalue weighted by Crippen LogP contribution is -2.38. The average molecular weight is 427 g/mol. The molecule has 0 bridgehead atoms. The molecule has 1 saturated heterocycles. The summed E-state index contributed by atoms with van der Waals surface area (Å²) in [6.45, 7) is 3.78. The minimum atomic E-state index is -0.389. The van der Waals surface area contributed by atoms with E-state index in [1.54, 1.807) is 6.20 Å². The Balaban J connectivity index is 1.69. The van der Waals surface area contributed by atoms with E-state index in [9.17, 15) is 4.79 Å². The molecule has 3 aromatic rings. The summed E-state index contributed by atoms with van der Waals surface area (Å²) in [5, 5.41) is 2.70. The third-order valence-corrected chi connectivity index (χ3v) is 6.19. The number of aryl methyl sites for hydroxylation is 1.